The van der Waals surface area contributed by atoms with E-state index in [2.05, 4.69) is 10.4 Å². The SMILES string of the molecule is O=C(NC(Cc1ccc(-c2ccccc2)cc1)C[C@@H](O)C(=O)O)c1cc(C(=O)O)n(Cc2cc(F)cc(Cl)c2)n1. The molecule has 4 aromatic rings. The van der Waals surface area contributed by atoms with Crippen LogP contribution in [0.2, 0.25) is 5.02 Å². The van der Waals surface area contributed by atoms with Crippen LogP contribution in [0, 0.1) is 5.82 Å². The molecule has 40 heavy (non-hydrogen) atoms. The summed E-state index contributed by atoms with van der Waals surface area (Å²) >= 11 is 5.89. The summed E-state index contributed by atoms with van der Waals surface area (Å²) in [6, 6.07) is 21.2. The van der Waals surface area contributed by atoms with Gasteiger partial charge in [-0.25, -0.2) is 14.0 Å². The van der Waals surface area contributed by atoms with E-state index in [1.54, 1.807) is 0 Å². The van der Waals surface area contributed by atoms with Crippen LogP contribution in [0.15, 0.2) is 78.9 Å². The van der Waals surface area contributed by atoms with Gasteiger partial charge < -0.3 is 20.6 Å². The number of aromatic carboxylic acids is 1. The number of aromatic nitrogens is 2. The smallest absolute Gasteiger partial charge is 0.354 e. The zero-order chi connectivity index (χ0) is 28.8. The highest BCUT2D eigenvalue weighted by atomic mass is 35.5. The van der Waals surface area contributed by atoms with Crippen molar-refractivity contribution in [3.63, 3.8) is 0 Å². The monoisotopic (exact) mass is 565 g/mol. The first-order valence-corrected chi connectivity index (χ1v) is 12.6. The Labute approximate surface area is 233 Å². The second-order valence-corrected chi connectivity index (χ2v) is 9.62. The summed E-state index contributed by atoms with van der Waals surface area (Å²) in [7, 11) is 0. The van der Waals surface area contributed by atoms with Crippen molar-refractivity contribution in [3.05, 3.63) is 112 Å². The molecule has 0 aliphatic heterocycles. The zero-order valence-electron chi connectivity index (χ0n) is 21.0. The van der Waals surface area contributed by atoms with Crippen molar-refractivity contribution in [2.45, 2.75) is 31.5 Å². The number of halogens is 2. The van der Waals surface area contributed by atoms with Crippen LogP contribution in [0.3, 0.4) is 0 Å². The van der Waals surface area contributed by atoms with Gasteiger partial charge in [0.25, 0.3) is 5.91 Å². The fourth-order valence-corrected chi connectivity index (χ4v) is 4.51. The van der Waals surface area contributed by atoms with E-state index in [1.165, 1.54) is 12.1 Å². The first-order valence-electron chi connectivity index (χ1n) is 12.2. The number of nitrogens with one attached hydrogen (secondary N) is 1. The highest BCUT2D eigenvalue weighted by Crippen LogP contribution is 2.21. The van der Waals surface area contributed by atoms with Crippen LogP contribution in [0.4, 0.5) is 4.39 Å². The van der Waals surface area contributed by atoms with Gasteiger partial charge in [-0.3, -0.25) is 9.48 Å². The van der Waals surface area contributed by atoms with Crippen LogP contribution in [0.25, 0.3) is 11.1 Å². The van der Waals surface area contributed by atoms with Gasteiger partial charge in [0.1, 0.15) is 11.5 Å². The van der Waals surface area contributed by atoms with E-state index in [4.69, 9.17) is 11.6 Å². The molecule has 0 spiro atoms. The molecule has 11 heteroatoms. The molecule has 1 unspecified atom stereocenters. The third-order valence-electron chi connectivity index (χ3n) is 6.16. The number of nitrogens with zero attached hydrogens (tertiary/aromatic N) is 2. The third kappa shape index (κ3) is 7.31. The first kappa shape index (κ1) is 28.5. The Hall–Kier alpha value is -4.54. The minimum Gasteiger partial charge on any atom is -0.479 e. The average molecular weight is 566 g/mol. The number of carboxylic acids is 2. The van der Waals surface area contributed by atoms with E-state index in [-0.39, 0.29) is 35.8 Å². The molecule has 0 saturated heterocycles. The number of hydrogen-bond donors (Lipinski definition) is 4. The maximum absolute atomic E-state index is 13.8. The van der Waals surface area contributed by atoms with Crippen molar-refractivity contribution in [3.8, 4) is 11.1 Å². The highest BCUT2D eigenvalue weighted by Gasteiger charge is 2.25. The molecule has 2 atom stereocenters. The van der Waals surface area contributed by atoms with E-state index >= 15 is 0 Å². The van der Waals surface area contributed by atoms with Gasteiger partial charge in [0, 0.05) is 23.6 Å². The normalized spacial score (nSPS) is 12.5. The second-order valence-electron chi connectivity index (χ2n) is 9.18. The maximum atomic E-state index is 13.8. The largest absolute Gasteiger partial charge is 0.479 e. The van der Waals surface area contributed by atoms with E-state index in [0.717, 1.165) is 33.5 Å². The molecule has 3 aromatic carbocycles. The van der Waals surface area contributed by atoms with Crippen LogP contribution < -0.4 is 5.32 Å². The van der Waals surface area contributed by atoms with Crippen molar-refractivity contribution >= 4 is 29.4 Å². The molecule has 1 amide bonds. The fraction of sp³-hybridized carbons (Fsp3) is 0.172. The quantitative estimate of drug-likeness (QED) is 0.213. The van der Waals surface area contributed by atoms with Crippen molar-refractivity contribution in [2.75, 3.05) is 0 Å². The summed E-state index contributed by atoms with van der Waals surface area (Å²) in [6.45, 7) is -0.165. The van der Waals surface area contributed by atoms with Crippen LogP contribution in [0.5, 0.6) is 0 Å². The van der Waals surface area contributed by atoms with Crippen molar-refractivity contribution in [1.29, 1.82) is 0 Å². The van der Waals surface area contributed by atoms with E-state index in [1.807, 2.05) is 54.6 Å². The second kappa shape index (κ2) is 12.5. The summed E-state index contributed by atoms with van der Waals surface area (Å²) in [5.74, 6) is -4.17. The molecule has 1 aromatic heterocycles. The topological polar surface area (TPSA) is 142 Å². The van der Waals surface area contributed by atoms with Gasteiger partial charge in [0.2, 0.25) is 0 Å². The summed E-state index contributed by atoms with van der Waals surface area (Å²) in [6.07, 6.45) is -1.84. The number of amides is 1. The molecule has 206 valence electrons. The molecule has 0 radical (unpaired) electrons. The molecular weight excluding hydrogens is 541 g/mol. The molecular formula is C29H25ClFN3O6. The summed E-state index contributed by atoms with van der Waals surface area (Å²) < 4.78 is 14.8. The molecule has 0 saturated carbocycles. The van der Waals surface area contributed by atoms with Gasteiger partial charge in [-0.15, -0.1) is 0 Å². The zero-order valence-corrected chi connectivity index (χ0v) is 21.8. The van der Waals surface area contributed by atoms with E-state index in [0.29, 0.717) is 5.56 Å². The Morgan fingerprint density at radius 3 is 2.23 bits per heavy atom. The van der Waals surface area contributed by atoms with Gasteiger partial charge >= 0.3 is 11.9 Å². The maximum Gasteiger partial charge on any atom is 0.354 e. The number of carbonyl (C=O) groups excluding carboxylic acids is 1. The predicted molar refractivity (Wildman–Crippen MR) is 145 cm³/mol. The Bertz CT molecular complexity index is 1500. The van der Waals surface area contributed by atoms with Crippen LogP contribution in [-0.2, 0) is 17.8 Å². The predicted octanol–water partition coefficient (Wildman–Crippen LogP) is 4.27. The summed E-state index contributed by atoms with van der Waals surface area (Å²) in [4.78, 5) is 36.2. The number of benzene rings is 3. The summed E-state index contributed by atoms with van der Waals surface area (Å²) in [5.41, 5.74) is 2.55. The van der Waals surface area contributed by atoms with Crippen molar-refractivity contribution in [1.82, 2.24) is 15.1 Å². The van der Waals surface area contributed by atoms with Gasteiger partial charge in [-0.2, -0.15) is 5.10 Å². The Morgan fingerprint density at radius 2 is 1.60 bits per heavy atom. The molecule has 1 heterocycles. The Kier molecular flexibility index (Phi) is 8.93. The van der Waals surface area contributed by atoms with Gasteiger partial charge in [0.05, 0.1) is 6.54 Å². The van der Waals surface area contributed by atoms with Crippen molar-refractivity contribution < 1.29 is 34.1 Å². The highest BCUT2D eigenvalue weighted by molar-refractivity contribution is 6.30. The number of aliphatic hydroxyl groups is 1. The van der Waals surface area contributed by atoms with Crippen LogP contribution in [-0.4, -0.2) is 55.1 Å². The lowest BCUT2D eigenvalue weighted by Crippen LogP contribution is -2.40. The summed E-state index contributed by atoms with van der Waals surface area (Å²) in [5, 5.41) is 35.7. The van der Waals surface area contributed by atoms with Crippen molar-refractivity contribution in [2.24, 2.45) is 0 Å². The molecule has 0 aliphatic carbocycles. The molecule has 4 rings (SSSR count). The number of aliphatic hydroxyl groups excluding tert-OH is 1. The van der Waals surface area contributed by atoms with Gasteiger partial charge in [-0.05, 0) is 46.9 Å². The number of hydrogen-bond acceptors (Lipinski definition) is 5. The fourth-order valence-electron chi connectivity index (χ4n) is 4.27. The Balaban J connectivity index is 1.54. The lowest BCUT2D eigenvalue weighted by molar-refractivity contribution is -0.147. The molecule has 0 aliphatic rings. The minimum atomic E-state index is -1.74. The molecule has 4 N–H and O–H groups in total. The molecule has 0 bridgehead atoms. The average Bonchev–Trinajstić information content (AvgIpc) is 3.33. The standard InChI is InChI=1S/C29H25ClFN3O6/c30-21-10-18(11-22(31)13-21)16-34-25(28(37)38)15-24(33-34)27(36)32-23(14-26(35)29(39)40)12-17-6-8-20(9-7-17)19-4-2-1-3-5-19/h1-11,13,15,23,26,35H,12,14,16H2,(H,32,36)(H,37,38)(H,39,40)/t23?,26-/m1/s1. The number of carboxylic acid groups (broad SMARTS) is 2. The molecule has 9 nitrogen and oxygen atoms in total. The number of rotatable bonds is 11. The lowest BCUT2D eigenvalue weighted by atomic mass is 9.97. The van der Waals surface area contributed by atoms with E-state index in [9.17, 15) is 34.1 Å². The van der Waals surface area contributed by atoms with E-state index < -0.39 is 35.8 Å². The van der Waals surface area contributed by atoms with Crippen LogP contribution in [0.1, 0.15) is 38.5 Å². The minimum absolute atomic E-state index is 0.119. The van der Waals surface area contributed by atoms with Gasteiger partial charge in [-0.1, -0.05) is 66.2 Å². The Morgan fingerprint density at radius 1 is 0.925 bits per heavy atom. The lowest BCUT2D eigenvalue weighted by Gasteiger charge is -2.20. The molecule has 0 fully saturated rings. The number of carbonyl (C=O) groups is 3. The van der Waals surface area contributed by atoms with Gasteiger partial charge in [0.15, 0.2) is 11.8 Å². The third-order valence-corrected chi connectivity index (χ3v) is 6.38. The number of aliphatic carboxylic acids is 1. The van der Waals surface area contributed by atoms with Crippen LogP contribution >= 0.6 is 11.6 Å². The first-order chi connectivity index (χ1) is 19.1.